The van der Waals surface area contributed by atoms with E-state index in [0.717, 1.165) is 11.0 Å². The molecule has 4 aromatic rings. The molecule has 0 bridgehead atoms. The van der Waals surface area contributed by atoms with Gasteiger partial charge >= 0.3 is 0 Å². The molecule has 0 aliphatic heterocycles. The van der Waals surface area contributed by atoms with Crippen LogP contribution in [0.4, 0.5) is 4.39 Å². The Morgan fingerprint density at radius 2 is 1.82 bits per heavy atom. The predicted octanol–water partition coefficient (Wildman–Crippen LogP) is 5.09. The number of aromatic nitrogens is 2. The predicted molar refractivity (Wildman–Crippen MR) is 105 cm³/mol. The summed E-state index contributed by atoms with van der Waals surface area (Å²) in [7, 11) is 0. The van der Waals surface area contributed by atoms with Gasteiger partial charge in [0.15, 0.2) is 5.76 Å². The van der Waals surface area contributed by atoms with Gasteiger partial charge in [-0.15, -0.1) is 0 Å². The number of furan rings is 1. The minimum Gasteiger partial charge on any atom is -0.451 e. The highest BCUT2D eigenvalue weighted by molar-refractivity contribution is 5.92. The summed E-state index contributed by atoms with van der Waals surface area (Å²) in [5, 5.41) is 3.00. The van der Waals surface area contributed by atoms with E-state index in [9.17, 15) is 9.18 Å². The lowest BCUT2D eigenvalue weighted by atomic mass is 10.0. The van der Waals surface area contributed by atoms with E-state index >= 15 is 0 Å². The lowest BCUT2D eigenvalue weighted by Gasteiger charge is -2.19. The summed E-state index contributed by atoms with van der Waals surface area (Å²) >= 11 is 0. The summed E-state index contributed by atoms with van der Waals surface area (Å²) in [4.78, 5) is 20.6. The molecule has 0 fully saturated rings. The third-order valence-corrected chi connectivity index (χ3v) is 4.61. The van der Waals surface area contributed by atoms with Gasteiger partial charge in [0, 0.05) is 5.56 Å². The molecule has 0 saturated heterocycles. The first kappa shape index (κ1) is 18.0. The van der Waals surface area contributed by atoms with Crippen molar-refractivity contribution in [3.8, 4) is 11.3 Å². The number of imidazole rings is 1. The maximum Gasteiger partial charge on any atom is 0.287 e. The highest BCUT2D eigenvalue weighted by Gasteiger charge is 2.24. The fourth-order valence-electron chi connectivity index (χ4n) is 3.11. The van der Waals surface area contributed by atoms with E-state index in [4.69, 9.17) is 4.42 Å². The zero-order valence-electron chi connectivity index (χ0n) is 15.6. The molecule has 28 heavy (non-hydrogen) atoms. The zero-order valence-corrected chi connectivity index (χ0v) is 15.6. The van der Waals surface area contributed by atoms with Crippen molar-refractivity contribution in [2.75, 3.05) is 0 Å². The number of carbonyl (C=O) groups is 1. The normalized spacial score (nSPS) is 12.4. The first-order valence-corrected chi connectivity index (χ1v) is 9.12. The molecule has 2 aromatic heterocycles. The number of hydrogen-bond acceptors (Lipinski definition) is 3. The van der Waals surface area contributed by atoms with Gasteiger partial charge in [0.1, 0.15) is 17.4 Å². The van der Waals surface area contributed by atoms with Gasteiger partial charge in [0.05, 0.1) is 17.1 Å². The van der Waals surface area contributed by atoms with Crippen LogP contribution in [0.5, 0.6) is 0 Å². The Kier molecular flexibility index (Phi) is 4.69. The van der Waals surface area contributed by atoms with Crippen LogP contribution < -0.4 is 5.32 Å². The van der Waals surface area contributed by atoms with E-state index in [0.29, 0.717) is 17.1 Å². The Morgan fingerprint density at radius 1 is 1.07 bits per heavy atom. The lowest BCUT2D eigenvalue weighted by Crippen LogP contribution is -2.32. The molecule has 2 heterocycles. The number of hydrogen-bond donors (Lipinski definition) is 2. The molecular weight excluding hydrogens is 357 g/mol. The van der Waals surface area contributed by atoms with E-state index in [-0.39, 0.29) is 29.4 Å². The van der Waals surface area contributed by atoms with Gasteiger partial charge in [-0.2, -0.15) is 0 Å². The molecule has 5 nitrogen and oxygen atoms in total. The minimum absolute atomic E-state index is 0.121. The second-order valence-electron chi connectivity index (χ2n) is 7.01. The van der Waals surface area contributed by atoms with E-state index in [1.165, 1.54) is 12.1 Å². The number of fused-ring (bicyclic) bond motifs is 1. The largest absolute Gasteiger partial charge is 0.451 e. The highest BCUT2D eigenvalue weighted by atomic mass is 19.1. The number of benzene rings is 2. The molecule has 2 aromatic carbocycles. The number of para-hydroxylation sites is 2. The van der Waals surface area contributed by atoms with E-state index < -0.39 is 0 Å². The van der Waals surface area contributed by atoms with Gasteiger partial charge in [-0.25, -0.2) is 9.37 Å². The summed E-state index contributed by atoms with van der Waals surface area (Å²) < 4.78 is 18.8. The maximum atomic E-state index is 13.1. The SMILES string of the molecule is CC(C)C(NC(=O)c1ccc(-c2ccc(F)cc2)o1)c1nc2ccccc2[nH]1. The first-order chi connectivity index (χ1) is 13.5. The molecule has 1 atom stereocenters. The molecule has 4 rings (SSSR count). The summed E-state index contributed by atoms with van der Waals surface area (Å²) in [6, 6.07) is 16.7. The number of nitrogens with one attached hydrogen (secondary N) is 2. The third kappa shape index (κ3) is 3.53. The van der Waals surface area contributed by atoms with Crippen LogP contribution in [-0.4, -0.2) is 15.9 Å². The molecule has 142 valence electrons. The van der Waals surface area contributed by atoms with Crippen molar-refractivity contribution >= 4 is 16.9 Å². The molecule has 0 saturated carbocycles. The van der Waals surface area contributed by atoms with Crippen LogP contribution in [0.1, 0.15) is 36.3 Å². The number of halogens is 1. The number of rotatable bonds is 5. The number of H-pyrrole nitrogens is 1. The van der Waals surface area contributed by atoms with Crippen LogP contribution in [0.2, 0.25) is 0 Å². The number of amides is 1. The molecular formula is C22H20FN3O2. The van der Waals surface area contributed by atoms with Gasteiger partial charge < -0.3 is 14.7 Å². The smallest absolute Gasteiger partial charge is 0.287 e. The zero-order chi connectivity index (χ0) is 19.7. The van der Waals surface area contributed by atoms with Crippen LogP contribution in [0.15, 0.2) is 65.1 Å². The van der Waals surface area contributed by atoms with Crippen molar-refractivity contribution in [3.63, 3.8) is 0 Å². The van der Waals surface area contributed by atoms with E-state index in [1.807, 2.05) is 38.1 Å². The monoisotopic (exact) mass is 377 g/mol. The molecule has 1 unspecified atom stereocenters. The van der Waals surface area contributed by atoms with Crippen molar-refractivity contribution in [1.82, 2.24) is 15.3 Å². The molecule has 0 aliphatic carbocycles. The average molecular weight is 377 g/mol. The van der Waals surface area contributed by atoms with Crippen molar-refractivity contribution in [2.45, 2.75) is 19.9 Å². The molecule has 6 heteroatoms. The van der Waals surface area contributed by atoms with Crippen LogP contribution >= 0.6 is 0 Å². The molecule has 0 aliphatic rings. The molecule has 0 radical (unpaired) electrons. The van der Waals surface area contributed by atoms with Crippen molar-refractivity contribution in [3.05, 3.63) is 78.1 Å². The van der Waals surface area contributed by atoms with Crippen LogP contribution in [0.25, 0.3) is 22.4 Å². The van der Waals surface area contributed by atoms with Crippen LogP contribution in [0, 0.1) is 11.7 Å². The van der Waals surface area contributed by atoms with Gasteiger partial charge in [-0.1, -0.05) is 26.0 Å². The average Bonchev–Trinajstić information content (AvgIpc) is 3.33. The summed E-state index contributed by atoms with van der Waals surface area (Å²) in [5.41, 5.74) is 2.49. The standard InChI is InChI=1S/C22H20FN3O2/c1-13(2)20(21-24-16-5-3-4-6-17(16)25-21)26-22(27)19-12-11-18(28-19)14-7-9-15(23)10-8-14/h3-13,20H,1-2H3,(H,24,25)(H,26,27). The van der Waals surface area contributed by atoms with Gasteiger partial charge in [-0.05, 0) is 54.4 Å². The van der Waals surface area contributed by atoms with Crippen LogP contribution in [-0.2, 0) is 0 Å². The Balaban J connectivity index is 1.56. The fourth-order valence-corrected chi connectivity index (χ4v) is 3.11. The van der Waals surface area contributed by atoms with Crippen LogP contribution in [0.3, 0.4) is 0 Å². The Morgan fingerprint density at radius 3 is 2.54 bits per heavy atom. The number of carbonyl (C=O) groups excluding carboxylic acids is 1. The number of nitrogens with zero attached hydrogens (tertiary/aromatic N) is 1. The Bertz CT molecular complexity index is 1080. The maximum absolute atomic E-state index is 13.1. The van der Waals surface area contributed by atoms with Crippen molar-refractivity contribution in [1.29, 1.82) is 0 Å². The summed E-state index contributed by atoms with van der Waals surface area (Å²) in [6.45, 7) is 4.04. The third-order valence-electron chi connectivity index (χ3n) is 4.61. The summed E-state index contributed by atoms with van der Waals surface area (Å²) in [5.74, 6) is 0.883. The lowest BCUT2D eigenvalue weighted by molar-refractivity contribution is 0.0896. The quantitative estimate of drug-likeness (QED) is 0.509. The fraction of sp³-hybridized carbons (Fsp3) is 0.182. The molecule has 0 spiro atoms. The van der Waals surface area contributed by atoms with Crippen molar-refractivity contribution < 1.29 is 13.6 Å². The highest BCUT2D eigenvalue weighted by Crippen LogP contribution is 2.25. The van der Waals surface area contributed by atoms with Gasteiger partial charge in [0.25, 0.3) is 5.91 Å². The van der Waals surface area contributed by atoms with Crippen molar-refractivity contribution in [2.24, 2.45) is 5.92 Å². The second-order valence-corrected chi connectivity index (χ2v) is 7.01. The molecule has 2 N–H and O–H groups in total. The second kappa shape index (κ2) is 7.31. The number of aromatic amines is 1. The Labute approximate surface area is 161 Å². The summed E-state index contributed by atoms with van der Waals surface area (Å²) in [6.07, 6.45) is 0. The Hall–Kier alpha value is -3.41. The first-order valence-electron chi connectivity index (χ1n) is 9.12. The molecule has 1 amide bonds. The topological polar surface area (TPSA) is 70.9 Å². The minimum atomic E-state index is -0.326. The van der Waals surface area contributed by atoms with E-state index in [2.05, 4.69) is 15.3 Å². The van der Waals surface area contributed by atoms with E-state index in [1.54, 1.807) is 24.3 Å². The van der Waals surface area contributed by atoms with Gasteiger partial charge in [-0.3, -0.25) is 4.79 Å². The van der Waals surface area contributed by atoms with Gasteiger partial charge in [0.2, 0.25) is 0 Å².